The van der Waals surface area contributed by atoms with Crippen molar-refractivity contribution in [2.75, 3.05) is 0 Å². The number of benzene rings is 1. The normalized spacial score (nSPS) is 20.0. The van der Waals surface area contributed by atoms with E-state index in [1.54, 1.807) is 6.20 Å². The standard InChI is InChI=1S/C20H25N5O/c1-14(2)11-15-6-8-16(9-7-15)18-12-19(24-23-18)20(26)25-22-13-17-5-3-4-10-21-17/h3-10,13-14,18-19,23-24H,11-12H2,1-2H3,(H,25,26)/b22-13+. The maximum atomic E-state index is 12.2. The lowest BCUT2D eigenvalue weighted by molar-refractivity contribution is -0.122. The van der Waals surface area contributed by atoms with Gasteiger partial charge in [-0.05, 0) is 42.0 Å². The summed E-state index contributed by atoms with van der Waals surface area (Å²) in [4.78, 5) is 16.4. The number of rotatable bonds is 6. The SMILES string of the molecule is CC(C)Cc1ccc(C2CC(C(=O)N/N=C/c3ccccn3)NN2)cc1. The Hall–Kier alpha value is -2.57. The number of hydrogen-bond acceptors (Lipinski definition) is 5. The topological polar surface area (TPSA) is 78.4 Å². The van der Waals surface area contributed by atoms with Gasteiger partial charge in [-0.15, -0.1) is 0 Å². The molecule has 26 heavy (non-hydrogen) atoms. The van der Waals surface area contributed by atoms with E-state index in [0.717, 1.165) is 6.42 Å². The number of carbonyl (C=O) groups is 1. The fraction of sp³-hybridized carbons (Fsp3) is 0.350. The van der Waals surface area contributed by atoms with E-state index in [2.05, 4.69) is 64.5 Å². The van der Waals surface area contributed by atoms with Crippen LogP contribution in [0.3, 0.4) is 0 Å². The molecule has 0 aliphatic carbocycles. The molecule has 0 bridgehead atoms. The van der Waals surface area contributed by atoms with E-state index in [-0.39, 0.29) is 18.0 Å². The molecule has 3 rings (SSSR count). The first-order chi connectivity index (χ1) is 12.6. The number of carbonyl (C=O) groups excluding carboxylic acids is 1. The van der Waals surface area contributed by atoms with Crippen molar-refractivity contribution in [3.8, 4) is 0 Å². The predicted molar refractivity (Wildman–Crippen MR) is 102 cm³/mol. The minimum Gasteiger partial charge on any atom is -0.271 e. The molecule has 2 unspecified atom stereocenters. The van der Waals surface area contributed by atoms with E-state index in [4.69, 9.17) is 0 Å². The predicted octanol–water partition coefficient (Wildman–Crippen LogP) is 2.34. The van der Waals surface area contributed by atoms with E-state index in [9.17, 15) is 4.79 Å². The summed E-state index contributed by atoms with van der Waals surface area (Å²) >= 11 is 0. The molecule has 1 aliphatic rings. The van der Waals surface area contributed by atoms with Crippen molar-refractivity contribution in [3.05, 3.63) is 65.5 Å². The number of hydrogen-bond donors (Lipinski definition) is 3. The van der Waals surface area contributed by atoms with Gasteiger partial charge in [0.15, 0.2) is 0 Å². The second-order valence-corrected chi connectivity index (χ2v) is 6.96. The molecule has 136 valence electrons. The molecule has 2 atom stereocenters. The van der Waals surface area contributed by atoms with Gasteiger partial charge in [0, 0.05) is 12.2 Å². The third-order valence-corrected chi connectivity index (χ3v) is 4.31. The first kappa shape index (κ1) is 18.2. The van der Waals surface area contributed by atoms with Gasteiger partial charge < -0.3 is 0 Å². The van der Waals surface area contributed by atoms with Crippen molar-refractivity contribution in [2.45, 2.75) is 38.8 Å². The second-order valence-electron chi connectivity index (χ2n) is 6.96. The molecule has 1 saturated heterocycles. The zero-order valence-electron chi connectivity index (χ0n) is 15.1. The first-order valence-corrected chi connectivity index (χ1v) is 8.95. The van der Waals surface area contributed by atoms with Crippen LogP contribution in [0.4, 0.5) is 0 Å². The summed E-state index contributed by atoms with van der Waals surface area (Å²) in [6.07, 6.45) is 4.97. The lowest BCUT2D eigenvalue weighted by Gasteiger charge is -2.11. The van der Waals surface area contributed by atoms with Crippen molar-refractivity contribution in [1.82, 2.24) is 21.3 Å². The minimum absolute atomic E-state index is 0.110. The highest BCUT2D eigenvalue weighted by molar-refractivity contribution is 5.84. The molecular formula is C20H25N5O. The Kier molecular flexibility index (Phi) is 6.09. The number of amides is 1. The first-order valence-electron chi connectivity index (χ1n) is 8.95. The average Bonchev–Trinajstić information content (AvgIpc) is 3.13. The van der Waals surface area contributed by atoms with Gasteiger partial charge in [-0.3, -0.25) is 9.78 Å². The molecule has 3 N–H and O–H groups in total. The van der Waals surface area contributed by atoms with Gasteiger partial charge in [-0.25, -0.2) is 16.3 Å². The van der Waals surface area contributed by atoms with Crippen molar-refractivity contribution in [3.63, 3.8) is 0 Å². The molecule has 0 saturated carbocycles. The minimum atomic E-state index is -0.323. The van der Waals surface area contributed by atoms with E-state index in [1.807, 2.05) is 18.2 Å². The summed E-state index contributed by atoms with van der Waals surface area (Å²) in [7, 11) is 0. The van der Waals surface area contributed by atoms with Crippen molar-refractivity contribution >= 4 is 12.1 Å². The monoisotopic (exact) mass is 351 g/mol. The van der Waals surface area contributed by atoms with Crippen LogP contribution in [0.1, 0.15) is 43.1 Å². The van der Waals surface area contributed by atoms with Crippen LogP contribution < -0.4 is 16.3 Å². The summed E-state index contributed by atoms with van der Waals surface area (Å²) in [5.74, 6) is 0.482. The summed E-state index contributed by atoms with van der Waals surface area (Å²) < 4.78 is 0. The smallest absolute Gasteiger partial charge is 0.258 e. The molecule has 2 aromatic rings. The number of pyridine rings is 1. The summed E-state index contributed by atoms with van der Waals surface area (Å²) in [6.45, 7) is 4.44. The summed E-state index contributed by atoms with van der Waals surface area (Å²) in [5.41, 5.74) is 12.0. The zero-order valence-corrected chi connectivity index (χ0v) is 15.1. The molecule has 1 fully saturated rings. The van der Waals surface area contributed by atoms with E-state index in [1.165, 1.54) is 17.3 Å². The summed E-state index contributed by atoms with van der Waals surface area (Å²) in [6, 6.07) is 13.9. The second kappa shape index (κ2) is 8.69. The third-order valence-electron chi connectivity index (χ3n) is 4.31. The molecule has 1 amide bonds. The maximum Gasteiger partial charge on any atom is 0.258 e. The Bertz CT molecular complexity index is 743. The van der Waals surface area contributed by atoms with Gasteiger partial charge in [-0.1, -0.05) is 44.2 Å². The van der Waals surface area contributed by atoms with Crippen LogP contribution in [0, 0.1) is 5.92 Å². The Morgan fingerprint density at radius 2 is 2.08 bits per heavy atom. The highest BCUT2D eigenvalue weighted by Gasteiger charge is 2.29. The third kappa shape index (κ3) is 4.97. The van der Waals surface area contributed by atoms with Crippen molar-refractivity contribution in [1.29, 1.82) is 0 Å². The molecule has 1 aliphatic heterocycles. The number of hydrazine groups is 1. The van der Waals surface area contributed by atoms with E-state index < -0.39 is 0 Å². The van der Waals surface area contributed by atoms with Crippen molar-refractivity contribution in [2.24, 2.45) is 11.0 Å². The van der Waals surface area contributed by atoms with Crippen LogP contribution in [0.15, 0.2) is 53.8 Å². The fourth-order valence-corrected chi connectivity index (χ4v) is 3.00. The Morgan fingerprint density at radius 3 is 2.77 bits per heavy atom. The van der Waals surface area contributed by atoms with Gasteiger partial charge in [0.25, 0.3) is 5.91 Å². The van der Waals surface area contributed by atoms with E-state index in [0.29, 0.717) is 18.0 Å². The molecule has 0 radical (unpaired) electrons. The number of nitrogens with one attached hydrogen (secondary N) is 3. The Labute approximate surface area is 154 Å². The summed E-state index contributed by atoms with van der Waals surface area (Å²) in [5, 5.41) is 3.97. The molecular weight excluding hydrogens is 326 g/mol. The number of hydrazone groups is 1. The maximum absolute atomic E-state index is 12.2. The molecule has 1 aromatic carbocycles. The highest BCUT2D eigenvalue weighted by atomic mass is 16.2. The van der Waals surface area contributed by atoms with Gasteiger partial charge in [0.2, 0.25) is 0 Å². The van der Waals surface area contributed by atoms with E-state index >= 15 is 0 Å². The van der Waals surface area contributed by atoms with Gasteiger partial charge in [-0.2, -0.15) is 5.10 Å². The molecule has 1 aromatic heterocycles. The molecule has 6 heteroatoms. The van der Waals surface area contributed by atoms with Crippen LogP contribution in [-0.2, 0) is 11.2 Å². The molecule has 2 heterocycles. The molecule has 0 spiro atoms. The van der Waals surface area contributed by atoms with Crippen LogP contribution >= 0.6 is 0 Å². The van der Waals surface area contributed by atoms with Crippen LogP contribution in [-0.4, -0.2) is 23.1 Å². The largest absolute Gasteiger partial charge is 0.271 e. The number of nitrogens with zero attached hydrogens (tertiary/aromatic N) is 2. The van der Waals surface area contributed by atoms with Gasteiger partial charge in [0.1, 0.15) is 6.04 Å². The average molecular weight is 351 g/mol. The lowest BCUT2D eigenvalue weighted by atomic mass is 9.97. The number of aromatic nitrogens is 1. The zero-order chi connectivity index (χ0) is 18.4. The van der Waals surface area contributed by atoms with Gasteiger partial charge >= 0.3 is 0 Å². The van der Waals surface area contributed by atoms with Crippen LogP contribution in [0.25, 0.3) is 0 Å². The fourth-order valence-electron chi connectivity index (χ4n) is 3.00. The Morgan fingerprint density at radius 1 is 1.27 bits per heavy atom. The highest BCUT2D eigenvalue weighted by Crippen LogP contribution is 2.23. The lowest BCUT2D eigenvalue weighted by Crippen LogP contribution is -2.41. The van der Waals surface area contributed by atoms with Crippen molar-refractivity contribution < 1.29 is 4.79 Å². The van der Waals surface area contributed by atoms with Crippen LogP contribution in [0.2, 0.25) is 0 Å². The quantitative estimate of drug-likeness (QED) is 0.551. The van der Waals surface area contributed by atoms with Gasteiger partial charge in [0.05, 0.1) is 11.9 Å². The van der Waals surface area contributed by atoms with Crippen LogP contribution in [0.5, 0.6) is 0 Å². The Balaban J connectivity index is 1.51. The molecule has 6 nitrogen and oxygen atoms in total.